The molecule has 82 valence electrons. The zero-order valence-corrected chi connectivity index (χ0v) is 8.68. The molecule has 0 aliphatic heterocycles. The van der Waals surface area contributed by atoms with E-state index in [1.54, 1.807) is 30.6 Å². The first-order valence-electron chi connectivity index (χ1n) is 5.00. The Morgan fingerprint density at radius 2 is 2.00 bits per heavy atom. The van der Waals surface area contributed by atoms with Crippen LogP contribution in [0.25, 0.3) is 11.0 Å². The van der Waals surface area contributed by atoms with E-state index < -0.39 is 0 Å². The Labute approximate surface area is 92.7 Å². The number of nitrogens with two attached hydrogens (primary N) is 1. The fourth-order valence-electron chi connectivity index (χ4n) is 1.39. The molecule has 0 aliphatic carbocycles. The lowest BCUT2D eigenvalue weighted by Crippen LogP contribution is -2.28. The van der Waals surface area contributed by atoms with Crippen LogP contribution in [0.3, 0.4) is 0 Å². The zero-order valence-electron chi connectivity index (χ0n) is 8.68. The second-order valence-corrected chi connectivity index (χ2v) is 3.30. The molecule has 2 aromatic rings. The number of nitrogens with one attached hydrogen (secondary N) is 1. The monoisotopic (exact) mass is 216 g/mol. The van der Waals surface area contributed by atoms with Crippen molar-refractivity contribution in [3.05, 3.63) is 36.2 Å². The number of hydrogen-bond acceptors (Lipinski definition) is 4. The van der Waals surface area contributed by atoms with E-state index in [0.717, 1.165) is 5.52 Å². The van der Waals surface area contributed by atoms with Crippen LogP contribution in [0.2, 0.25) is 0 Å². The molecular formula is C11H12N4O. The van der Waals surface area contributed by atoms with Gasteiger partial charge in [-0.1, -0.05) is 0 Å². The van der Waals surface area contributed by atoms with Gasteiger partial charge in [-0.2, -0.15) is 0 Å². The minimum Gasteiger partial charge on any atom is -0.351 e. The van der Waals surface area contributed by atoms with E-state index in [9.17, 15) is 4.79 Å². The number of amides is 1. The molecule has 5 nitrogen and oxygen atoms in total. The van der Waals surface area contributed by atoms with Gasteiger partial charge in [-0.3, -0.25) is 14.8 Å². The molecule has 0 fully saturated rings. The van der Waals surface area contributed by atoms with Crippen molar-refractivity contribution < 1.29 is 4.79 Å². The molecule has 3 N–H and O–H groups in total. The molecule has 16 heavy (non-hydrogen) atoms. The highest BCUT2D eigenvalue weighted by Gasteiger charge is 2.05. The average molecular weight is 216 g/mol. The second-order valence-electron chi connectivity index (χ2n) is 3.30. The SMILES string of the molecule is NCCNC(=O)c1ccc2nccnc2c1. The third-order valence-corrected chi connectivity index (χ3v) is 2.16. The summed E-state index contributed by atoms with van der Waals surface area (Å²) in [6.07, 6.45) is 3.22. The van der Waals surface area contributed by atoms with Gasteiger partial charge in [-0.25, -0.2) is 0 Å². The molecule has 1 heterocycles. The van der Waals surface area contributed by atoms with Crippen molar-refractivity contribution >= 4 is 16.9 Å². The van der Waals surface area contributed by atoms with Crippen molar-refractivity contribution in [1.29, 1.82) is 0 Å². The number of aromatic nitrogens is 2. The molecule has 2 rings (SSSR count). The van der Waals surface area contributed by atoms with Gasteiger partial charge in [0.05, 0.1) is 11.0 Å². The number of nitrogens with zero attached hydrogens (tertiary/aromatic N) is 2. The quantitative estimate of drug-likeness (QED) is 0.774. The first-order valence-corrected chi connectivity index (χ1v) is 5.00. The molecule has 0 saturated carbocycles. The van der Waals surface area contributed by atoms with E-state index in [-0.39, 0.29) is 5.91 Å². The predicted molar refractivity (Wildman–Crippen MR) is 60.9 cm³/mol. The summed E-state index contributed by atoms with van der Waals surface area (Å²) in [7, 11) is 0. The van der Waals surface area contributed by atoms with Gasteiger partial charge in [0.1, 0.15) is 0 Å². The fraction of sp³-hybridized carbons (Fsp3) is 0.182. The van der Waals surface area contributed by atoms with Crippen molar-refractivity contribution in [1.82, 2.24) is 15.3 Å². The van der Waals surface area contributed by atoms with Gasteiger partial charge < -0.3 is 11.1 Å². The van der Waals surface area contributed by atoms with Crippen LogP contribution in [0.4, 0.5) is 0 Å². The van der Waals surface area contributed by atoms with Crippen LogP contribution in [-0.4, -0.2) is 29.0 Å². The Kier molecular flexibility index (Phi) is 3.07. The van der Waals surface area contributed by atoms with Gasteiger partial charge in [0.25, 0.3) is 5.91 Å². The molecule has 0 unspecified atom stereocenters. The number of fused-ring (bicyclic) bond motifs is 1. The van der Waals surface area contributed by atoms with Gasteiger partial charge in [0.15, 0.2) is 0 Å². The van der Waals surface area contributed by atoms with E-state index in [4.69, 9.17) is 5.73 Å². The molecule has 0 radical (unpaired) electrons. The van der Waals surface area contributed by atoms with Crippen molar-refractivity contribution in [2.75, 3.05) is 13.1 Å². The van der Waals surface area contributed by atoms with Crippen LogP contribution in [0.1, 0.15) is 10.4 Å². The van der Waals surface area contributed by atoms with Crippen molar-refractivity contribution in [3.8, 4) is 0 Å². The van der Waals surface area contributed by atoms with E-state index in [1.807, 2.05) is 0 Å². The number of rotatable bonds is 3. The molecule has 0 atom stereocenters. The third kappa shape index (κ3) is 2.14. The number of carbonyl (C=O) groups is 1. The molecular weight excluding hydrogens is 204 g/mol. The summed E-state index contributed by atoms with van der Waals surface area (Å²) in [5, 5.41) is 2.70. The summed E-state index contributed by atoms with van der Waals surface area (Å²) >= 11 is 0. The first kappa shape index (κ1) is 10.5. The summed E-state index contributed by atoms with van der Waals surface area (Å²) in [5.41, 5.74) is 7.37. The minimum absolute atomic E-state index is 0.141. The average Bonchev–Trinajstić information content (AvgIpc) is 2.35. The first-order chi connectivity index (χ1) is 7.81. The highest BCUT2D eigenvalue weighted by molar-refractivity contribution is 5.97. The third-order valence-electron chi connectivity index (χ3n) is 2.16. The van der Waals surface area contributed by atoms with Gasteiger partial charge in [-0.15, -0.1) is 0 Å². The Hall–Kier alpha value is -2.01. The topological polar surface area (TPSA) is 80.9 Å². The maximum atomic E-state index is 11.6. The number of carbonyl (C=O) groups excluding carboxylic acids is 1. The molecule has 0 bridgehead atoms. The molecule has 0 spiro atoms. The molecule has 5 heteroatoms. The Bertz CT molecular complexity index is 512. The number of hydrogen-bond donors (Lipinski definition) is 2. The van der Waals surface area contributed by atoms with E-state index in [0.29, 0.717) is 24.2 Å². The van der Waals surface area contributed by atoms with E-state index >= 15 is 0 Å². The Morgan fingerprint density at radius 3 is 2.75 bits per heavy atom. The van der Waals surface area contributed by atoms with E-state index in [1.165, 1.54) is 0 Å². The standard InChI is InChI=1S/C11H12N4O/c12-3-4-15-11(16)8-1-2-9-10(7-8)14-6-5-13-9/h1-2,5-7H,3-4,12H2,(H,15,16). The largest absolute Gasteiger partial charge is 0.351 e. The van der Waals surface area contributed by atoms with Crippen molar-refractivity contribution in [3.63, 3.8) is 0 Å². The lowest BCUT2D eigenvalue weighted by atomic mass is 10.2. The van der Waals surface area contributed by atoms with Crippen LogP contribution in [0, 0.1) is 0 Å². The maximum Gasteiger partial charge on any atom is 0.251 e. The summed E-state index contributed by atoms with van der Waals surface area (Å²) < 4.78 is 0. The molecule has 0 aliphatic rings. The Morgan fingerprint density at radius 1 is 1.25 bits per heavy atom. The maximum absolute atomic E-state index is 11.6. The summed E-state index contributed by atoms with van der Waals surface area (Å²) in [6.45, 7) is 0.899. The van der Waals surface area contributed by atoms with Crippen LogP contribution >= 0.6 is 0 Å². The van der Waals surface area contributed by atoms with Gasteiger partial charge in [0, 0.05) is 31.0 Å². The lowest BCUT2D eigenvalue weighted by molar-refractivity contribution is 0.0955. The highest BCUT2D eigenvalue weighted by Crippen LogP contribution is 2.10. The summed E-state index contributed by atoms with van der Waals surface area (Å²) in [6, 6.07) is 5.22. The predicted octanol–water partition coefficient (Wildman–Crippen LogP) is 0.318. The highest BCUT2D eigenvalue weighted by atomic mass is 16.1. The van der Waals surface area contributed by atoms with Gasteiger partial charge >= 0.3 is 0 Å². The van der Waals surface area contributed by atoms with Crippen LogP contribution in [0.15, 0.2) is 30.6 Å². The molecule has 1 aromatic carbocycles. The van der Waals surface area contributed by atoms with Crippen molar-refractivity contribution in [2.45, 2.75) is 0 Å². The second kappa shape index (κ2) is 4.67. The minimum atomic E-state index is -0.141. The molecule has 1 amide bonds. The van der Waals surface area contributed by atoms with Gasteiger partial charge in [-0.05, 0) is 18.2 Å². The smallest absolute Gasteiger partial charge is 0.251 e. The lowest BCUT2D eigenvalue weighted by Gasteiger charge is -2.03. The zero-order chi connectivity index (χ0) is 11.4. The molecule has 0 saturated heterocycles. The normalized spacial score (nSPS) is 10.3. The van der Waals surface area contributed by atoms with Crippen molar-refractivity contribution in [2.24, 2.45) is 5.73 Å². The Balaban J connectivity index is 2.28. The molecule has 1 aromatic heterocycles. The van der Waals surface area contributed by atoms with Crippen LogP contribution in [-0.2, 0) is 0 Å². The van der Waals surface area contributed by atoms with Crippen LogP contribution < -0.4 is 11.1 Å². The number of benzene rings is 1. The fourth-order valence-corrected chi connectivity index (χ4v) is 1.39. The van der Waals surface area contributed by atoms with E-state index in [2.05, 4.69) is 15.3 Å². The van der Waals surface area contributed by atoms with Crippen LogP contribution in [0.5, 0.6) is 0 Å². The summed E-state index contributed by atoms with van der Waals surface area (Å²) in [5.74, 6) is -0.141. The van der Waals surface area contributed by atoms with Gasteiger partial charge in [0.2, 0.25) is 0 Å². The summed E-state index contributed by atoms with van der Waals surface area (Å²) in [4.78, 5) is 19.9.